The highest BCUT2D eigenvalue weighted by Gasteiger charge is 2.06. The average molecular weight is 311 g/mol. The smallest absolute Gasteiger partial charge is 0.311 e. The quantitative estimate of drug-likeness (QED) is 0.690. The van der Waals surface area contributed by atoms with E-state index < -0.39 is 0 Å². The van der Waals surface area contributed by atoms with Crippen LogP contribution in [0.25, 0.3) is 11.3 Å². The molecule has 5 nitrogen and oxygen atoms in total. The molecule has 3 rings (SSSR count). The Morgan fingerprint density at radius 2 is 1.74 bits per heavy atom. The first kappa shape index (κ1) is 15.0. The number of rotatable bonds is 6. The molecule has 0 spiro atoms. The summed E-state index contributed by atoms with van der Waals surface area (Å²) < 4.78 is 21.0. The molecule has 0 amide bonds. The minimum Gasteiger partial charge on any atom is -0.497 e. The summed E-state index contributed by atoms with van der Waals surface area (Å²) in [6.45, 7) is 0.480. The molecule has 2 aromatic carbocycles. The van der Waals surface area contributed by atoms with E-state index in [1.807, 2.05) is 48.5 Å². The Bertz CT molecular complexity index is 765. The van der Waals surface area contributed by atoms with E-state index in [1.165, 1.54) is 0 Å². The van der Waals surface area contributed by atoms with Crippen LogP contribution in [-0.4, -0.2) is 19.4 Å². The lowest BCUT2D eigenvalue weighted by molar-refractivity contribution is 0.261. The highest BCUT2D eigenvalue weighted by Crippen LogP contribution is 2.25. The molecule has 1 heterocycles. The number of hydrogen-bond acceptors (Lipinski definition) is 5. The van der Waals surface area contributed by atoms with Crippen LogP contribution in [0.3, 0.4) is 0 Å². The third-order valence-electron chi connectivity index (χ3n) is 3.38. The zero-order chi connectivity index (χ0) is 16.1. The number of aromatic nitrogens is 1. The standard InChI is InChI=1S/C18H17NO4/c1-20-16-5-3-4-13(10-16)12-22-15-8-6-14(7-9-15)17-11-18(21-2)23-19-17/h3-11H,12H2,1-2H3. The van der Waals surface area contributed by atoms with E-state index in [4.69, 9.17) is 18.7 Å². The molecule has 3 aromatic rings. The molecule has 5 heteroatoms. The molecule has 0 saturated carbocycles. The molecular weight excluding hydrogens is 294 g/mol. The highest BCUT2D eigenvalue weighted by atomic mass is 16.6. The van der Waals surface area contributed by atoms with Gasteiger partial charge in [0, 0.05) is 5.56 Å². The minimum absolute atomic E-state index is 0.387. The van der Waals surface area contributed by atoms with Crippen molar-refractivity contribution >= 4 is 0 Å². The van der Waals surface area contributed by atoms with Gasteiger partial charge in [0.2, 0.25) is 0 Å². The van der Waals surface area contributed by atoms with Crippen LogP contribution in [0, 0.1) is 0 Å². The van der Waals surface area contributed by atoms with Crippen LogP contribution in [0.5, 0.6) is 17.4 Å². The molecule has 0 fully saturated rings. The second-order valence-electron chi connectivity index (χ2n) is 4.90. The van der Waals surface area contributed by atoms with Crippen LogP contribution in [0.2, 0.25) is 0 Å². The van der Waals surface area contributed by atoms with Gasteiger partial charge in [0.1, 0.15) is 23.8 Å². The fraction of sp³-hybridized carbons (Fsp3) is 0.167. The summed E-state index contributed by atoms with van der Waals surface area (Å²) in [7, 11) is 3.19. The number of nitrogens with zero attached hydrogens (tertiary/aromatic N) is 1. The van der Waals surface area contributed by atoms with E-state index in [1.54, 1.807) is 20.3 Å². The summed E-state index contributed by atoms with van der Waals surface area (Å²) >= 11 is 0. The normalized spacial score (nSPS) is 10.3. The van der Waals surface area contributed by atoms with Crippen LogP contribution in [0.1, 0.15) is 5.56 Å². The molecule has 23 heavy (non-hydrogen) atoms. The Morgan fingerprint density at radius 1 is 0.913 bits per heavy atom. The van der Waals surface area contributed by atoms with E-state index in [9.17, 15) is 0 Å². The van der Waals surface area contributed by atoms with Crippen LogP contribution in [0.15, 0.2) is 59.1 Å². The Hall–Kier alpha value is -2.95. The number of methoxy groups -OCH3 is 2. The summed E-state index contributed by atoms with van der Waals surface area (Å²) in [6.07, 6.45) is 0. The molecular formula is C18H17NO4. The van der Waals surface area contributed by atoms with Crippen molar-refractivity contribution in [1.82, 2.24) is 5.16 Å². The fourth-order valence-electron chi connectivity index (χ4n) is 2.14. The zero-order valence-electron chi connectivity index (χ0n) is 13.0. The van der Waals surface area contributed by atoms with Crippen molar-refractivity contribution in [2.24, 2.45) is 0 Å². The SMILES string of the molecule is COc1cccc(COc2ccc(-c3cc(OC)on3)cc2)c1. The van der Waals surface area contributed by atoms with Crippen LogP contribution in [0.4, 0.5) is 0 Å². The van der Waals surface area contributed by atoms with Gasteiger partial charge in [-0.05, 0) is 42.0 Å². The van der Waals surface area contributed by atoms with Gasteiger partial charge in [-0.15, -0.1) is 0 Å². The maximum Gasteiger partial charge on any atom is 0.311 e. The molecule has 0 bridgehead atoms. The third kappa shape index (κ3) is 3.63. The van der Waals surface area contributed by atoms with E-state index >= 15 is 0 Å². The van der Waals surface area contributed by atoms with Gasteiger partial charge in [-0.1, -0.05) is 17.3 Å². The first-order chi connectivity index (χ1) is 11.3. The van der Waals surface area contributed by atoms with Gasteiger partial charge in [0.25, 0.3) is 0 Å². The summed E-state index contributed by atoms with van der Waals surface area (Å²) in [4.78, 5) is 0. The van der Waals surface area contributed by atoms with Crippen molar-refractivity contribution in [3.63, 3.8) is 0 Å². The van der Waals surface area contributed by atoms with Crippen LogP contribution < -0.4 is 14.2 Å². The Labute approximate surface area is 134 Å². The van der Waals surface area contributed by atoms with Gasteiger partial charge in [-0.25, -0.2) is 0 Å². The van der Waals surface area contributed by atoms with Gasteiger partial charge in [0.15, 0.2) is 0 Å². The predicted octanol–water partition coefficient (Wildman–Crippen LogP) is 3.94. The van der Waals surface area contributed by atoms with Crippen molar-refractivity contribution in [3.05, 3.63) is 60.2 Å². The molecule has 118 valence electrons. The second-order valence-corrected chi connectivity index (χ2v) is 4.90. The minimum atomic E-state index is 0.387. The van der Waals surface area contributed by atoms with Gasteiger partial charge in [0.05, 0.1) is 20.3 Å². The average Bonchev–Trinajstić information content (AvgIpc) is 3.10. The largest absolute Gasteiger partial charge is 0.497 e. The molecule has 0 unspecified atom stereocenters. The van der Waals surface area contributed by atoms with E-state index in [0.717, 1.165) is 28.3 Å². The molecule has 0 N–H and O–H groups in total. The van der Waals surface area contributed by atoms with Crippen molar-refractivity contribution in [2.75, 3.05) is 14.2 Å². The topological polar surface area (TPSA) is 53.7 Å². The maximum absolute atomic E-state index is 5.78. The number of hydrogen-bond donors (Lipinski definition) is 0. The molecule has 0 aliphatic rings. The van der Waals surface area contributed by atoms with Gasteiger partial charge in [-0.3, -0.25) is 0 Å². The lowest BCUT2D eigenvalue weighted by Crippen LogP contribution is -1.96. The van der Waals surface area contributed by atoms with Crippen molar-refractivity contribution in [3.8, 4) is 28.7 Å². The van der Waals surface area contributed by atoms with Gasteiger partial charge >= 0.3 is 5.95 Å². The van der Waals surface area contributed by atoms with Gasteiger partial charge < -0.3 is 18.7 Å². The third-order valence-corrected chi connectivity index (χ3v) is 3.38. The number of benzene rings is 2. The predicted molar refractivity (Wildman–Crippen MR) is 85.8 cm³/mol. The highest BCUT2D eigenvalue weighted by molar-refractivity contribution is 5.60. The maximum atomic E-state index is 5.78. The molecule has 0 atom stereocenters. The molecule has 0 saturated heterocycles. The summed E-state index contributed by atoms with van der Waals surface area (Å²) in [5, 5.41) is 3.94. The Balaban J connectivity index is 1.65. The van der Waals surface area contributed by atoms with E-state index in [-0.39, 0.29) is 0 Å². The first-order valence-corrected chi connectivity index (χ1v) is 7.15. The van der Waals surface area contributed by atoms with E-state index in [2.05, 4.69) is 5.16 Å². The summed E-state index contributed by atoms with van der Waals surface area (Å²) in [5.41, 5.74) is 2.71. The summed E-state index contributed by atoms with van der Waals surface area (Å²) in [6, 6.07) is 17.2. The lowest BCUT2D eigenvalue weighted by atomic mass is 10.1. The molecule has 0 aliphatic heterocycles. The Kier molecular flexibility index (Phi) is 4.47. The zero-order valence-corrected chi connectivity index (χ0v) is 13.0. The summed E-state index contributed by atoms with van der Waals surface area (Å²) in [5.74, 6) is 1.99. The first-order valence-electron chi connectivity index (χ1n) is 7.15. The van der Waals surface area contributed by atoms with Crippen molar-refractivity contribution in [2.45, 2.75) is 6.61 Å². The lowest BCUT2D eigenvalue weighted by Gasteiger charge is -2.08. The van der Waals surface area contributed by atoms with Crippen LogP contribution >= 0.6 is 0 Å². The second kappa shape index (κ2) is 6.87. The van der Waals surface area contributed by atoms with Crippen LogP contribution in [-0.2, 0) is 6.61 Å². The molecule has 1 aromatic heterocycles. The number of ether oxygens (including phenoxy) is 3. The Morgan fingerprint density at radius 3 is 2.43 bits per heavy atom. The fourth-order valence-corrected chi connectivity index (χ4v) is 2.14. The van der Waals surface area contributed by atoms with Gasteiger partial charge in [-0.2, -0.15) is 0 Å². The van der Waals surface area contributed by atoms with Crippen molar-refractivity contribution < 1.29 is 18.7 Å². The molecule has 0 aliphatic carbocycles. The van der Waals surface area contributed by atoms with Crippen molar-refractivity contribution in [1.29, 1.82) is 0 Å². The van der Waals surface area contributed by atoms with E-state index in [0.29, 0.717) is 12.6 Å². The monoisotopic (exact) mass is 311 g/mol. The molecule has 0 radical (unpaired) electrons.